The molecule has 0 fully saturated rings. The smallest absolute Gasteiger partial charge is 0.261 e. The molecule has 6 heteroatoms. The normalized spacial score (nSPS) is 12.7. The summed E-state index contributed by atoms with van der Waals surface area (Å²) in [4.78, 5) is 31.5. The lowest BCUT2D eigenvalue weighted by Crippen LogP contribution is -2.27. The predicted molar refractivity (Wildman–Crippen MR) is 118 cm³/mol. The Bertz CT molecular complexity index is 1290. The zero-order valence-electron chi connectivity index (χ0n) is 16.3. The third kappa shape index (κ3) is 3.33. The highest BCUT2D eigenvalue weighted by atomic mass is 16.2. The summed E-state index contributed by atoms with van der Waals surface area (Å²) in [6.07, 6.45) is 2.45. The molecule has 1 aliphatic rings. The summed E-state index contributed by atoms with van der Waals surface area (Å²) in [5, 5.41) is 3.36. The standard InChI is InChI=1S/C24H20N4O2/c29-23(15-27-16-25-21-7-3-2-6-20(21)24(27)30)26-18-9-11-19(12-10-18)28-14-13-17-5-1-4-8-22(17)28/h1-12,16H,13-15H2,(H,26,29). The topological polar surface area (TPSA) is 67.2 Å². The molecule has 30 heavy (non-hydrogen) atoms. The van der Waals surface area contributed by atoms with Gasteiger partial charge >= 0.3 is 0 Å². The average molecular weight is 396 g/mol. The van der Waals surface area contributed by atoms with Crippen molar-refractivity contribution in [1.29, 1.82) is 0 Å². The monoisotopic (exact) mass is 396 g/mol. The molecule has 3 aromatic carbocycles. The van der Waals surface area contributed by atoms with Gasteiger partial charge in [0.05, 0.1) is 17.2 Å². The summed E-state index contributed by atoms with van der Waals surface area (Å²) in [5.41, 5.74) is 4.77. The molecule has 1 amide bonds. The van der Waals surface area contributed by atoms with E-state index in [9.17, 15) is 9.59 Å². The third-order valence-corrected chi connectivity index (χ3v) is 5.40. The van der Waals surface area contributed by atoms with E-state index in [0.29, 0.717) is 16.6 Å². The Morgan fingerprint density at radius 1 is 0.967 bits per heavy atom. The molecule has 5 rings (SSSR count). The molecule has 4 aromatic rings. The minimum absolute atomic E-state index is 0.0854. The summed E-state index contributed by atoms with van der Waals surface area (Å²) >= 11 is 0. The number of rotatable bonds is 4. The fourth-order valence-electron chi connectivity index (χ4n) is 3.91. The Morgan fingerprint density at radius 3 is 2.60 bits per heavy atom. The van der Waals surface area contributed by atoms with E-state index in [1.807, 2.05) is 30.3 Å². The van der Waals surface area contributed by atoms with E-state index in [0.717, 1.165) is 18.7 Å². The zero-order chi connectivity index (χ0) is 20.5. The lowest BCUT2D eigenvalue weighted by atomic mass is 10.2. The first kappa shape index (κ1) is 18.1. The molecule has 1 aromatic heterocycles. The molecule has 1 N–H and O–H groups in total. The van der Waals surface area contributed by atoms with Gasteiger partial charge in [0.2, 0.25) is 5.91 Å². The first-order valence-corrected chi connectivity index (χ1v) is 9.88. The van der Waals surface area contributed by atoms with Crippen molar-refractivity contribution in [1.82, 2.24) is 9.55 Å². The maximum absolute atomic E-state index is 12.5. The van der Waals surface area contributed by atoms with Crippen LogP contribution in [0, 0.1) is 0 Å². The number of benzene rings is 3. The van der Waals surface area contributed by atoms with Crippen LogP contribution < -0.4 is 15.8 Å². The van der Waals surface area contributed by atoms with Gasteiger partial charge in [0.25, 0.3) is 5.56 Å². The molecule has 0 saturated carbocycles. The molecule has 0 radical (unpaired) electrons. The van der Waals surface area contributed by atoms with Gasteiger partial charge in [-0.3, -0.25) is 14.2 Å². The molecule has 0 spiro atoms. The SMILES string of the molecule is O=C(Cn1cnc2ccccc2c1=O)Nc1ccc(N2CCc3ccccc32)cc1. The molecule has 1 aliphatic heterocycles. The highest BCUT2D eigenvalue weighted by Gasteiger charge is 2.19. The molecular formula is C24H20N4O2. The van der Waals surface area contributed by atoms with E-state index in [2.05, 4.69) is 39.5 Å². The zero-order valence-corrected chi connectivity index (χ0v) is 16.3. The van der Waals surface area contributed by atoms with E-state index in [4.69, 9.17) is 0 Å². The Morgan fingerprint density at radius 2 is 1.73 bits per heavy atom. The van der Waals surface area contributed by atoms with Crippen LogP contribution in [0.3, 0.4) is 0 Å². The van der Waals surface area contributed by atoms with Crippen molar-refractivity contribution in [2.45, 2.75) is 13.0 Å². The fraction of sp³-hybridized carbons (Fsp3) is 0.125. The Labute approximate surface area is 173 Å². The lowest BCUT2D eigenvalue weighted by Gasteiger charge is -2.20. The Balaban J connectivity index is 1.29. The Hall–Kier alpha value is -3.93. The molecule has 0 unspecified atom stereocenters. The average Bonchev–Trinajstić information content (AvgIpc) is 3.21. The summed E-state index contributed by atoms with van der Waals surface area (Å²) in [6.45, 7) is 0.862. The molecule has 0 bridgehead atoms. The lowest BCUT2D eigenvalue weighted by molar-refractivity contribution is -0.116. The number of para-hydroxylation sites is 2. The van der Waals surface area contributed by atoms with Crippen molar-refractivity contribution in [2.24, 2.45) is 0 Å². The van der Waals surface area contributed by atoms with E-state index < -0.39 is 0 Å². The van der Waals surface area contributed by atoms with Crippen LogP contribution in [0.15, 0.2) is 83.9 Å². The van der Waals surface area contributed by atoms with Crippen molar-refractivity contribution in [3.05, 3.63) is 95.0 Å². The van der Waals surface area contributed by atoms with Crippen LogP contribution >= 0.6 is 0 Å². The largest absolute Gasteiger partial charge is 0.341 e. The molecule has 0 saturated heterocycles. The summed E-state index contributed by atoms with van der Waals surface area (Å²) in [5.74, 6) is -0.270. The van der Waals surface area contributed by atoms with Gasteiger partial charge in [-0.2, -0.15) is 0 Å². The second-order valence-electron chi connectivity index (χ2n) is 7.32. The van der Waals surface area contributed by atoms with Crippen molar-refractivity contribution in [3.8, 4) is 0 Å². The van der Waals surface area contributed by atoms with Crippen molar-refractivity contribution in [3.63, 3.8) is 0 Å². The van der Waals surface area contributed by atoms with Crippen LogP contribution in [0.25, 0.3) is 10.9 Å². The Kier molecular flexibility index (Phi) is 4.52. The number of hydrogen-bond donors (Lipinski definition) is 1. The van der Waals surface area contributed by atoms with E-state index in [-0.39, 0.29) is 18.0 Å². The number of amides is 1. The van der Waals surface area contributed by atoms with Crippen LogP contribution in [0.2, 0.25) is 0 Å². The summed E-state index contributed by atoms with van der Waals surface area (Å²) < 4.78 is 1.33. The number of anilines is 3. The quantitative estimate of drug-likeness (QED) is 0.571. The first-order chi connectivity index (χ1) is 14.7. The predicted octanol–water partition coefficient (Wildman–Crippen LogP) is 3.73. The highest BCUT2D eigenvalue weighted by molar-refractivity contribution is 5.91. The van der Waals surface area contributed by atoms with Crippen molar-refractivity contribution in [2.75, 3.05) is 16.8 Å². The maximum Gasteiger partial charge on any atom is 0.261 e. The number of nitrogens with zero attached hydrogens (tertiary/aromatic N) is 3. The second kappa shape index (κ2) is 7.48. The van der Waals surface area contributed by atoms with E-state index >= 15 is 0 Å². The van der Waals surface area contributed by atoms with Gasteiger partial charge in [-0.25, -0.2) is 4.98 Å². The third-order valence-electron chi connectivity index (χ3n) is 5.40. The number of nitrogens with one attached hydrogen (secondary N) is 1. The van der Waals surface area contributed by atoms with Crippen LogP contribution in [-0.2, 0) is 17.8 Å². The van der Waals surface area contributed by atoms with Gasteiger partial charge in [-0.1, -0.05) is 30.3 Å². The number of carbonyl (C=O) groups excluding carboxylic acids is 1. The summed E-state index contributed by atoms with van der Waals surface area (Å²) in [6, 6.07) is 23.3. The number of carbonyl (C=O) groups is 1. The van der Waals surface area contributed by atoms with E-state index in [1.165, 1.54) is 22.1 Å². The molecule has 148 valence electrons. The molecule has 6 nitrogen and oxygen atoms in total. The van der Waals surface area contributed by atoms with Crippen LogP contribution in [0.4, 0.5) is 17.1 Å². The van der Waals surface area contributed by atoms with Gasteiger partial charge in [-0.05, 0) is 54.4 Å². The fourth-order valence-corrected chi connectivity index (χ4v) is 3.91. The molecule has 0 atom stereocenters. The minimum atomic E-state index is -0.270. The van der Waals surface area contributed by atoms with Gasteiger partial charge in [0.1, 0.15) is 6.54 Å². The molecular weight excluding hydrogens is 376 g/mol. The number of aromatic nitrogens is 2. The number of fused-ring (bicyclic) bond motifs is 2. The highest BCUT2D eigenvalue weighted by Crippen LogP contribution is 2.34. The van der Waals surface area contributed by atoms with Crippen LogP contribution in [-0.4, -0.2) is 22.0 Å². The van der Waals surface area contributed by atoms with Crippen molar-refractivity contribution >= 4 is 33.9 Å². The van der Waals surface area contributed by atoms with Crippen molar-refractivity contribution < 1.29 is 4.79 Å². The van der Waals surface area contributed by atoms with Gasteiger partial charge in [0, 0.05) is 23.6 Å². The molecule has 0 aliphatic carbocycles. The van der Waals surface area contributed by atoms with E-state index in [1.54, 1.807) is 18.2 Å². The molecule has 2 heterocycles. The minimum Gasteiger partial charge on any atom is -0.341 e. The van der Waals surface area contributed by atoms with Gasteiger partial charge < -0.3 is 10.2 Å². The first-order valence-electron chi connectivity index (χ1n) is 9.88. The summed E-state index contributed by atoms with van der Waals surface area (Å²) in [7, 11) is 0. The second-order valence-corrected chi connectivity index (χ2v) is 7.32. The van der Waals surface area contributed by atoms with Crippen LogP contribution in [0.1, 0.15) is 5.56 Å². The van der Waals surface area contributed by atoms with Crippen LogP contribution in [0.5, 0.6) is 0 Å². The maximum atomic E-state index is 12.5. The van der Waals surface area contributed by atoms with Gasteiger partial charge in [-0.15, -0.1) is 0 Å². The number of hydrogen-bond acceptors (Lipinski definition) is 4. The van der Waals surface area contributed by atoms with Gasteiger partial charge in [0.15, 0.2) is 0 Å².